The zero-order valence-corrected chi connectivity index (χ0v) is 17.0. The molecule has 0 unspecified atom stereocenters. The average Bonchev–Trinajstić information content (AvgIpc) is 3.39. The van der Waals surface area contributed by atoms with E-state index < -0.39 is 0 Å². The van der Waals surface area contributed by atoms with Crippen LogP contribution >= 0.6 is 11.3 Å². The minimum absolute atomic E-state index is 0.0996. The first-order chi connectivity index (χ1) is 14.0. The number of fused-ring (bicyclic) bond motifs is 1. The summed E-state index contributed by atoms with van der Waals surface area (Å²) in [5.74, 6) is 0.814. The van der Waals surface area contributed by atoms with Gasteiger partial charge in [-0.05, 0) is 36.2 Å². The number of methoxy groups -OCH3 is 1. The van der Waals surface area contributed by atoms with Crippen LogP contribution < -0.4 is 10.5 Å². The van der Waals surface area contributed by atoms with Crippen LogP contribution in [0.5, 0.6) is 5.06 Å². The second-order valence-corrected chi connectivity index (χ2v) is 7.71. The molecule has 0 saturated heterocycles. The highest BCUT2D eigenvalue weighted by atomic mass is 32.1. The van der Waals surface area contributed by atoms with E-state index in [9.17, 15) is 4.79 Å². The van der Waals surface area contributed by atoms with Crippen molar-refractivity contribution in [3.8, 4) is 15.8 Å². The predicted molar refractivity (Wildman–Crippen MR) is 114 cm³/mol. The fourth-order valence-electron chi connectivity index (χ4n) is 3.05. The SMILES string of the molecule is COc1ccc(-c2nc3cc(C(=O)N(C)CCc4ccccc4)cc(N)n3n2)s1. The molecule has 0 aliphatic carbocycles. The van der Waals surface area contributed by atoms with Crippen molar-refractivity contribution in [1.82, 2.24) is 19.5 Å². The third kappa shape index (κ3) is 3.93. The monoisotopic (exact) mass is 407 g/mol. The van der Waals surface area contributed by atoms with Gasteiger partial charge in [-0.3, -0.25) is 4.79 Å². The molecule has 0 saturated carbocycles. The normalized spacial score (nSPS) is 11.0. The van der Waals surface area contributed by atoms with E-state index in [4.69, 9.17) is 10.5 Å². The van der Waals surface area contributed by atoms with E-state index in [1.165, 1.54) is 16.9 Å². The molecule has 0 atom stereocenters. The summed E-state index contributed by atoms with van der Waals surface area (Å²) in [6.07, 6.45) is 0.788. The van der Waals surface area contributed by atoms with Gasteiger partial charge in [0.25, 0.3) is 5.91 Å². The number of hydrogen-bond acceptors (Lipinski definition) is 6. The molecule has 4 rings (SSSR count). The van der Waals surface area contributed by atoms with Crippen molar-refractivity contribution in [3.05, 3.63) is 65.7 Å². The van der Waals surface area contributed by atoms with Gasteiger partial charge >= 0.3 is 0 Å². The molecule has 8 heteroatoms. The molecule has 0 aliphatic heterocycles. The lowest BCUT2D eigenvalue weighted by molar-refractivity contribution is 0.0796. The van der Waals surface area contributed by atoms with Crippen LogP contribution in [0.4, 0.5) is 5.82 Å². The lowest BCUT2D eigenvalue weighted by Gasteiger charge is -2.17. The summed E-state index contributed by atoms with van der Waals surface area (Å²) in [5.41, 5.74) is 8.37. The van der Waals surface area contributed by atoms with Gasteiger partial charge in [0.2, 0.25) is 0 Å². The first-order valence-corrected chi connectivity index (χ1v) is 9.96. The highest BCUT2D eigenvalue weighted by Crippen LogP contribution is 2.31. The highest BCUT2D eigenvalue weighted by molar-refractivity contribution is 7.17. The van der Waals surface area contributed by atoms with Gasteiger partial charge in [-0.25, -0.2) is 4.98 Å². The molecule has 3 aromatic heterocycles. The Bertz CT molecular complexity index is 1150. The Hall–Kier alpha value is -3.39. The number of hydrogen-bond donors (Lipinski definition) is 1. The minimum Gasteiger partial charge on any atom is -0.487 e. The van der Waals surface area contributed by atoms with Crippen molar-refractivity contribution in [2.75, 3.05) is 26.4 Å². The molecule has 0 aliphatic rings. The zero-order chi connectivity index (χ0) is 20.4. The van der Waals surface area contributed by atoms with E-state index in [0.717, 1.165) is 16.4 Å². The number of nitrogen functional groups attached to an aromatic ring is 1. The Kier molecular flexibility index (Phi) is 5.18. The Labute approximate surface area is 172 Å². The van der Waals surface area contributed by atoms with E-state index in [1.807, 2.05) is 30.3 Å². The van der Waals surface area contributed by atoms with Crippen molar-refractivity contribution in [2.24, 2.45) is 0 Å². The van der Waals surface area contributed by atoms with E-state index in [0.29, 0.717) is 29.4 Å². The maximum absolute atomic E-state index is 12.9. The number of aromatic nitrogens is 3. The first kappa shape index (κ1) is 18.9. The highest BCUT2D eigenvalue weighted by Gasteiger charge is 2.17. The average molecular weight is 407 g/mol. The number of nitrogens with zero attached hydrogens (tertiary/aromatic N) is 4. The molecule has 2 N–H and O–H groups in total. The van der Waals surface area contributed by atoms with Crippen molar-refractivity contribution in [3.63, 3.8) is 0 Å². The topological polar surface area (TPSA) is 85.8 Å². The number of likely N-dealkylation sites (N-methyl/N-ethyl adjacent to an activating group) is 1. The van der Waals surface area contributed by atoms with Crippen molar-refractivity contribution >= 4 is 28.7 Å². The second-order valence-electron chi connectivity index (χ2n) is 6.66. The summed E-state index contributed by atoms with van der Waals surface area (Å²) in [6.45, 7) is 0.612. The molecular weight excluding hydrogens is 386 g/mol. The zero-order valence-electron chi connectivity index (χ0n) is 16.2. The fraction of sp³-hybridized carbons (Fsp3) is 0.190. The summed E-state index contributed by atoms with van der Waals surface area (Å²) >= 11 is 1.45. The minimum atomic E-state index is -0.0996. The van der Waals surface area contributed by atoms with Crippen LogP contribution in [0.25, 0.3) is 16.3 Å². The number of amides is 1. The number of rotatable bonds is 6. The maximum Gasteiger partial charge on any atom is 0.253 e. The van der Waals surface area contributed by atoms with Gasteiger partial charge in [-0.2, -0.15) is 4.52 Å². The Morgan fingerprint density at radius 1 is 1.21 bits per heavy atom. The van der Waals surface area contributed by atoms with Gasteiger partial charge in [0.15, 0.2) is 16.5 Å². The van der Waals surface area contributed by atoms with Gasteiger partial charge in [-0.15, -0.1) is 5.10 Å². The number of carbonyl (C=O) groups is 1. The lowest BCUT2D eigenvalue weighted by Crippen LogP contribution is -2.29. The molecule has 29 heavy (non-hydrogen) atoms. The van der Waals surface area contributed by atoms with Crippen LogP contribution in [0.15, 0.2) is 54.6 Å². The number of benzene rings is 1. The van der Waals surface area contributed by atoms with Crippen molar-refractivity contribution in [2.45, 2.75) is 6.42 Å². The Balaban J connectivity index is 1.56. The van der Waals surface area contributed by atoms with Gasteiger partial charge in [0.05, 0.1) is 12.0 Å². The third-order valence-electron chi connectivity index (χ3n) is 4.64. The number of anilines is 1. The van der Waals surface area contributed by atoms with E-state index in [-0.39, 0.29) is 5.91 Å². The number of thiophene rings is 1. The van der Waals surface area contributed by atoms with Crippen LogP contribution in [0, 0.1) is 0 Å². The predicted octanol–water partition coefficient (Wildman–Crippen LogP) is 3.36. The smallest absolute Gasteiger partial charge is 0.253 e. The van der Waals surface area contributed by atoms with E-state index in [2.05, 4.69) is 22.2 Å². The van der Waals surface area contributed by atoms with E-state index in [1.54, 1.807) is 35.7 Å². The van der Waals surface area contributed by atoms with Crippen molar-refractivity contribution in [1.29, 1.82) is 0 Å². The van der Waals surface area contributed by atoms with E-state index >= 15 is 0 Å². The van der Waals surface area contributed by atoms with Crippen LogP contribution in [0.3, 0.4) is 0 Å². The molecule has 0 bridgehead atoms. The van der Waals surface area contributed by atoms with Crippen molar-refractivity contribution < 1.29 is 9.53 Å². The molecule has 0 fully saturated rings. The van der Waals surface area contributed by atoms with Gasteiger partial charge in [0, 0.05) is 19.2 Å². The summed E-state index contributed by atoms with van der Waals surface area (Å²) in [6, 6.07) is 17.2. The summed E-state index contributed by atoms with van der Waals surface area (Å²) in [5, 5.41) is 5.24. The Morgan fingerprint density at radius 3 is 2.72 bits per heavy atom. The molecule has 3 heterocycles. The van der Waals surface area contributed by atoms with Gasteiger partial charge in [0.1, 0.15) is 5.82 Å². The van der Waals surface area contributed by atoms with Crippen LogP contribution in [-0.2, 0) is 6.42 Å². The molecule has 4 aromatic rings. The standard InChI is InChI=1S/C21H21N5O2S/c1-25(11-10-14-6-4-3-5-7-14)21(27)15-12-17(22)26-18(13-15)23-20(24-26)16-8-9-19(28-2)29-16/h3-9,12-13H,10-11,22H2,1-2H3. The molecule has 0 spiro atoms. The largest absolute Gasteiger partial charge is 0.487 e. The number of ether oxygens (including phenoxy) is 1. The molecular formula is C21H21N5O2S. The van der Waals surface area contributed by atoms with Crippen LogP contribution in [0.1, 0.15) is 15.9 Å². The number of pyridine rings is 1. The molecule has 148 valence electrons. The second kappa shape index (κ2) is 7.92. The quantitative estimate of drug-likeness (QED) is 0.530. The summed E-state index contributed by atoms with van der Waals surface area (Å²) in [7, 11) is 3.41. The van der Waals surface area contributed by atoms with Gasteiger partial charge < -0.3 is 15.4 Å². The lowest BCUT2D eigenvalue weighted by atomic mass is 10.1. The third-order valence-corrected chi connectivity index (χ3v) is 5.68. The maximum atomic E-state index is 12.9. The summed E-state index contributed by atoms with van der Waals surface area (Å²) in [4.78, 5) is 20.0. The Morgan fingerprint density at radius 2 is 2.00 bits per heavy atom. The summed E-state index contributed by atoms with van der Waals surface area (Å²) < 4.78 is 6.77. The molecule has 1 aromatic carbocycles. The van der Waals surface area contributed by atoms with Gasteiger partial charge in [-0.1, -0.05) is 41.7 Å². The fourth-order valence-corrected chi connectivity index (χ4v) is 3.80. The van der Waals surface area contributed by atoms with Crippen LogP contribution in [0.2, 0.25) is 0 Å². The molecule has 1 amide bonds. The molecule has 7 nitrogen and oxygen atoms in total. The number of carbonyl (C=O) groups excluding carboxylic acids is 1. The van der Waals surface area contributed by atoms with Crippen LogP contribution in [-0.4, -0.2) is 46.1 Å². The first-order valence-electron chi connectivity index (χ1n) is 9.15. The molecule has 0 radical (unpaired) electrons. The number of nitrogens with two attached hydrogens (primary N) is 1.